The van der Waals surface area contributed by atoms with E-state index >= 15 is 0 Å². The van der Waals surface area contributed by atoms with Gasteiger partial charge in [0.15, 0.2) is 0 Å². The van der Waals surface area contributed by atoms with Crippen LogP contribution in [0.15, 0.2) is 102 Å². The number of carbonyl (C=O) groups is 2. The molecule has 0 saturated heterocycles. The van der Waals surface area contributed by atoms with Gasteiger partial charge in [-0.15, -0.1) is 0 Å². The first-order valence-electron chi connectivity index (χ1n) is 11.6. The van der Waals surface area contributed by atoms with Crippen LogP contribution in [0.4, 0.5) is 0 Å². The lowest BCUT2D eigenvalue weighted by atomic mass is 9.89. The van der Waals surface area contributed by atoms with Gasteiger partial charge < -0.3 is 4.74 Å². The summed E-state index contributed by atoms with van der Waals surface area (Å²) in [5.74, 6) is -0.567. The largest absolute Gasteiger partial charge is 0.463 e. The highest BCUT2D eigenvalue weighted by Crippen LogP contribution is 2.45. The summed E-state index contributed by atoms with van der Waals surface area (Å²) < 4.78 is 5.51. The van der Waals surface area contributed by atoms with Crippen molar-refractivity contribution >= 4 is 18.0 Å². The minimum Gasteiger partial charge on any atom is -0.463 e. The third-order valence-electron chi connectivity index (χ3n) is 6.23. The second-order valence-electron chi connectivity index (χ2n) is 8.26. The molecule has 3 aromatic rings. The third-order valence-corrected chi connectivity index (χ3v) is 6.23. The SMILES string of the molecule is CCOC(=O)C1=C(/C=C/c2ccccc2)N(C(=O)c2ccccc2)N2CCc3ccccc3C12. The van der Waals surface area contributed by atoms with Crippen molar-refractivity contribution in [2.75, 3.05) is 13.2 Å². The van der Waals surface area contributed by atoms with Crippen molar-refractivity contribution in [2.45, 2.75) is 19.4 Å². The van der Waals surface area contributed by atoms with Gasteiger partial charge in [0, 0.05) is 12.1 Å². The average Bonchev–Trinajstić information content (AvgIpc) is 3.23. The Hall–Kier alpha value is -3.96. The van der Waals surface area contributed by atoms with E-state index in [1.54, 1.807) is 24.1 Å². The van der Waals surface area contributed by atoms with Crippen molar-refractivity contribution in [1.82, 2.24) is 10.0 Å². The topological polar surface area (TPSA) is 49.9 Å². The number of benzene rings is 3. The van der Waals surface area contributed by atoms with E-state index in [0.717, 1.165) is 17.5 Å². The molecule has 2 aliphatic heterocycles. The smallest absolute Gasteiger partial charge is 0.338 e. The summed E-state index contributed by atoms with van der Waals surface area (Å²) in [6.45, 7) is 2.68. The van der Waals surface area contributed by atoms with Crippen LogP contribution in [0.3, 0.4) is 0 Å². The first-order valence-corrected chi connectivity index (χ1v) is 11.6. The number of hydrazine groups is 1. The summed E-state index contributed by atoms with van der Waals surface area (Å²) in [6.07, 6.45) is 4.59. The number of amides is 1. The molecule has 1 unspecified atom stereocenters. The lowest BCUT2D eigenvalue weighted by molar-refractivity contribution is -0.139. The Kier molecular flexibility index (Phi) is 6.11. The van der Waals surface area contributed by atoms with Crippen LogP contribution in [0, 0.1) is 0 Å². The van der Waals surface area contributed by atoms with Crippen molar-refractivity contribution in [2.24, 2.45) is 0 Å². The molecule has 0 spiro atoms. The third kappa shape index (κ3) is 3.95. The standard InChI is InChI=1S/C29H26N2O3/c1-2-34-29(33)26-25(18-17-21-11-5-3-6-12-21)31(28(32)23-14-7-4-8-15-23)30-20-19-22-13-9-10-16-24(22)27(26)30/h3-18,27H,2,19-20H2,1H3/b18-17+. The molecule has 5 heteroatoms. The van der Waals surface area contributed by atoms with Gasteiger partial charge in [-0.25, -0.2) is 14.8 Å². The molecule has 0 radical (unpaired) electrons. The van der Waals surface area contributed by atoms with Gasteiger partial charge in [-0.3, -0.25) is 4.79 Å². The highest BCUT2D eigenvalue weighted by Gasteiger charge is 2.47. The molecule has 5 nitrogen and oxygen atoms in total. The molecular weight excluding hydrogens is 424 g/mol. The fourth-order valence-electron chi connectivity index (χ4n) is 4.72. The molecule has 0 saturated carbocycles. The fourth-order valence-corrected chi connectivity index (χ4v) is 4.72. The van der Waals surface area contributed by atoms with Crippen LogP contribution in [0.1, 0.15) is 40.0 Å². The Balaban J connectivity index is 1.69. The molecule has 2 aliphatic rings. The lowest BCUT2D eigenvalue weighted by Crippen LogP contribution is -2.46. The number of nitrogens with zero attached hydrogens (tertiary/aromatic N) is 2. The highest BCUT2D eigenvalue weighted by molar-refractivity contribution is 5.99. The normalized spacial score (nSPS) is 17.6. The molecule has 1 amide bonds. The Labute approximate surface area is 199 Å². The maximum atomic E-state index is 13.8. The average molecular weight is 451 g/mol. The van der Waals surface area contributed by atoms with Crippen LogP contribution in [-0.4, -0.2) is 35.0 Å². The Bertz CT molecular complexity index is 1260. The molecular formula is C29H26N2O3. The summed E-state index contributed by atoms with van der Waals surface area (Å²) in [7, 11) is 0. The molecule has 2 heterocycles. The second-order valence-corrected chi connectivity index (χ2v) is 8.26. The number of carbonyl (C=O) groups excluding carboxylic acids is 2. The number of hydrogen-bond acceptors (Lipinski definition) is 4. The zero-order chi connectivity index (χ0) is 23.5. The Morgan fingerprint density at radius 3 is 2.32 bits per heavy atom. The maximum absolute atomic E-state index is 13.8. The number of fused-ring (bicyclic) bond motifs is 3. The van der Waals surface area contributed by atoms with Crippen LogP contribution in [0.25, 0.3) is 6.08 Å². The molecule has 5 rings (SSSR count). The van der Waals surface area contributed by atoms with Crippen LogP contribution < -0.4 is 0 Å². The van der Waals surface area contributed by atoms with Gasteiger partial charge in [-0.1, -0.05) is 78.9 Å². The minimum atomic E-state index is -0.398. The summed E-state index contributed by atoms with van der Waals surface area (Å²) in [5, 5.41) is 3.68. The fraction of sp³-hybridized carbons (Fsp3) is 0.172. The van der Waals surface area contributed by atoms with Gasteiger partial charge in [-0.2, -0.15) is 0 Å². The Morgan fingerprint density at radius 2 is 1.59 bits per heavy atom. The molecule has 1 atom stereocenters. The van der Waals surface area contributed by atoms with Crippen LogP contribution in [0.2, 0.25) is 0 Å². The van der Waals surface area contributed by atoms with Gasteiger partial charge in [0.25, 0.3) is 5.91 Å². The number of ether oxygens (including phenoxy) is 1. The number of rotatable bonds is 5. The zero-order valence-electron chi connectivity index (χ0n) is 19.1. The monoisotopic (exact) mass is 450 g/mol. The summed E-state index contributed by atoms with van der Waals surface area (Å²) in [6, 6.07) is 26.8. The minimum absolute atomic E-state index is 0.169. The number of allylic oxidation sites excluding steroid dienone is 1. The molecule has 0 aliphatic carbocycles. The molecule has 0 aromatic heterocycles. The highest BCUT2D eigenvalue weighted by atomic mass is 16.5. The van der Waals surface area contributed by atoms with Crippen LogP contribution in [0.5, 0.6) is 0 Å². The summed E-state index contributed by atoms with van der Waals surface area (Å²) in [5.41, 5.74) is 4.81. The van der Waals surface area contributed by atoms with Crippen LogP contribution >= 0.6 is 0 Å². The lowest BCUT2D eigenvalue weighted by Gasteiger charge is -2.38. The van der Waals surface area contributed by atoms with E-state index in [1.165, 1.54) is 5.56 Å². The van der Waals surface area contributed by atoms with E-state index in [-0.39, 0.29) is 18.6 Å². The summed E-state index contributed by atoms with van der Waals surface area (Å²) in [4.78, 5) is 27.2. The zero-order valence-corrected chi connectivity index (χ0v) is 19.1. The van der Waals surface area contributed by atoms with Crippen molar-refractivity contribution in [3.63, 3.8) is 0 Å². The van der Waals surface area contributed by atoms with Crippen molar-refractivity contribution in [1.29, 1.82) is 0 Å². The predicted octanol–water partition coefficient (Wildman–Crippen LogP) is 5.19. The molecule has 170 valence electrons. The quantitative estimate of drug-likeness (QED) is 0.502. The van der Waals surface area contributed by atoms with E-state index < -0.39 is 5.97 Å². The van der Waals surface area contributed by atoms with Crippen molar-refractivity contribution in [3.8, 4) is 0 Å². The van der Waals surface area contributed by atoms with Crippen molar-refractivity contribution < 1.29 is 14.3 Å². The van der Waals surface area contributed by atoms with Gasteiger partial charge >= 0.3 is 5.97 Å². The molecule has 0 N–H and O–H groups in total. The van der Waals surface area contributed by atoms with Gasteiger partial charge in [0.1, 0.15) is 0 Å². The van der Waals surface area contributed by atoms with Gasteiger partial charge in [-0.05, 0) is 48.2 Å². The van der Waals surface area contributed by atoms with E-state index in [2.05, 4.69) is 6.07 Å². The van der Waals surface area contributed by atoms with E-state index in [4.69, 9.17) is 4.74 Å². The van der Waals surface area contributed by atoms with Gasteiger partial charge in [0.2, 0.25) is 0 Å². The molecule has 3 aromatic carbocycles. The van der Waals surface area contributed by atoms with Crippen LogP contribution in [-0.2, 0) is 16.0 Å². The molecule has 0 fully saturated rings. The van der Waals surface area contributed by atoms with Crippen molar-refractivity contribution in [3.05, 3.63) is 125 Å². The molecule has 0 bridgehead atoms. The maximum Gasteiger partial charge on any atom is 0.338 e. The number of hydrogen-bond donors (Lipinski definition) is 0. The van der Waals surface area contributed by atoms with E-state index in [0.29, 0.717) is 23.4 Å². The van der Waals surface area contributed by atoms with Gasteiger partial charge in [0.05, 0.1) is 23.9 Å². The molecule has 34 heavy (non-hydrogen) atoms. The summed E-state index contributed by atoms with van der Waals surface area (Å²) >= 11 is 0. The first-order chi connectivity index (χ1) is 16.7. The number of esters is 1. The first kappa shape index (κ1) is 21.9. The van der Waals surface area contributed by atoms with E-state index in [9.17, 15) is 9.59 Å². The van der Waals surface area contributed by atoms with E-state index in [1.807, 2.05) is 83.9 Å². The predicted molar refractivity (Wildman–Crippen MR) is 131 cm³/mol. The second kappa shape index (κ2) is 9.49. The Morgan fingerprint density at radius 1 is 0.912 bits per heavy atom.